The SMILES string of the molecule is CNc1ccc(CN(CC(N)=O)C(C)C)cc1[N+](=O)[O-]. The predicted octanol–water partition coefficient (Wildman–Crippen LogP) is 1.33. The summed E-state index contributed by atoms with van der Waals surface area (Å²) in [6.45, 7) is 4.45. The molecule has 7 nitrogen and oxygen atoms in total. The van der Waals surface area contributed by atoms with Crippen LogP contribution in [-0.4, -0.2) is 35.4 Å². The first kappa shape index (κ1) is 15.9. The molecule has 110 valence electrons. The molecule has 0 spiro atoms. The number of nitrogens with zero attached hydrogens (tertiary/aromatic N) is 2. The maximum absolute atomic E-state index is 11.0. The van der Waals surface area contributed by atoms with E-state index in [0.717, 1.165) is 5.56 Å². The van der Waals surface area contributed by atoms with E-state index in [2.05, 4.69) is 5.32 Å². The lowest BCUT2D eigenvalue weighted by Crippen LogP contribution is -2.37. The smallest absolute Gasteiger partial charge is 0.292 e. The third-order valence-electron chi connectivity index (χ3n) is 3.00. The number of amides is 1. The number of hydrogen-bond donors (Lipinski definition) is 2. The van der Waals surface area contributed by atoms with Gasteiger partial charge in [-0.2, -0.15) is 0 Å². The summed E-state index contributed by atoms with van der Waals surface area (Å²) in [5.74, 6) is -0.417. The van der Waals surface area contributed by atoms with E-state index in [4.69, 9.17) is 5.73 Å². The number of anilines is 1. The second-order valence-corrected chi connectivity index (χ2v) is 4.82. The van der Waals surface area contributed by atoms with Crippen LogP contribution >= 0.6 is 0 Å². The fourth-order valence-electron chi connectivity index (χ4n) is 1.89. The molecule has 1 amide bonds. The number of nitrogens with two attached hydrogens (primary N) is 1. The number of rotatable bonds is 7. The first-order chi connectivity index (χ1) is 9.35. The summed E-state index contributed by atoms with van der Waals surface area (Å²) >= 11 is 0. The lowest BCUT2D eigenvalue weighted by molar-refractivity contribution is -0.384. The highest BCUT2D eigenvalue weighted by Crippen LogP contribution is 2.25. The van der Waals surface area contributed by atoms with Crippen molar-refractivity contribution in [2.24, 2.45) is 5.73 Å². The Morgan fingerprint density at radius 3 is 2.60 bits per heavy atom. The number of nitro groups is 1. The highest BCUT2D eigenvalue weighted by molar-refractivity contribution is 5.76. The highest BCUT2D eigenvalue weighted by Gasteiger charge is 2.17. The Morgan fingerprint density at radius 1 is 1.50 bits per heavy atom. The van der Waals surface area contributed by atoms with Crippen molar-refractivity contribution in [3.63, 3.8) is 0 Å². The number of carbonyl (C=O) groups is 1. The second-order valence-electron chi connectivity index (χ2n) is 4.82. The van der Waals surface area contributed by atoms with E-state index in [1.807, 2.05) is 18.7 Å². The third-order valence-corrected chi connectivity index (χ3v) is 3.00. The zero-order valence-corrected chi connectivity index (χ0v) is 11.9. The lowest BCUT2D eigenvalue weighted by Gasteiger charge is -2.25. The molecule has 0 aliphatic rings. The Hall–Kier alpha value is -2.15. The first-order valence-electron chi connectivity index (χ1n) is 6.32. The number of nitrogens with one attached hydrogen (secondary N) is 1. The van der Waals surface area contributed by atoms with Crippen molar-refractivity contribution in [1.82, 2.24) is 4.90 Å². The van der Waals surface area contributed by atoms with Crippen LogP contribution < -0.4 is 11.1 Å². The molecule has 0 aliphatic heterocycles. The van der Waals surface area contributed by atoms with Gasteiger partial charge in [-0.3, -0.25) is 19.8 Å². The Balaban J connectivity index is 2.98. The van der Waals surface area contributed by atoms with Crippen molar-refractivity contribution < 1.29 is 9.72 Å². The quantitative estimate of drug-likeness (QED) is 0.579. The number of nitro benzene ring substituents is 1. The van der Waals surface area contributed by atoms with Gasteiger partial charge in [-0.25, -0.2) is 0 Å². The Labute approximate surface area is 117 Å². The summed E-state index contributed by atoms with van der Waals surface area (Å²) in [7, 11) is 1.63. The minimum absolute atomic E-state index is 0.0211. The van der Waals surface area contributed by atoms with Crippen LogP contribution in [-0.2, 0) is 11.3 Å². The van der Waals surface area contributed by atoms with Crippen LogP contribution in [0, 0.1) is 10.1 Å². The van der Waals surface area contributed by atoms with Crippen molar-refractivity contribution in [1.29, 1.82) is 0 Å². The number of benzene rings is 1. The zero-order valence-electron chi connectivity index (χ0n) is 11.9. The Morgan fingerprint density at radius 2 is 2.15 bits per heavy atom. The van der Waals surface area contributed by atoms with E-state index < -0.39 is 10.8 Å². The number of hydrogen-bond acceptors (Lipinski definition) is 5. The van der Waals surface area contributed by atoms with Crippen LogP contribution in [0.15, 0.2) is 18.2 Å². The normalized spacial score (nSPS) is 10.8. The van der Waals surface area contributed by atoms with Gasteiger partial charge in [-0.15, -0.1) is 0 Å². The van der Waals surface area contributed by atoms with Crippen molar-refractivity contribution in [2.75, 3.05) is 18.9 Å². The van der Waals surface area contributed by atoms with Crippen LogP contribution in [0.1, 0.15) is 19.4 Å². The number of primary amides is 1. The molecule has 3 N–H and O–H groups in total. The predicted molar refractivity (Wildman–Crippen MR) is 77.4 cm³/mol. The summed E-state index contributed by atoms with van der Waals surface area (Å²) in [6.07, 6.45) is 0. The van der Waals surface area contributed by atoms with Gasteiger partial charge in [0.1, 0.15) is 5.69 Å². The maximum Gasteiger partial charge on any atom is 0.292 e. The molecule has 1 aromatic carbocycles. The van der Waals surface area contributed by atoms with Gasteiger partial charge in [-0.1, -0.05) is 6.07 Å². The fraction of sp³-hybridized carbons (Fsp3) is 0.462. The van der Waals surface area contributed by atoms with Gasteiger partial charge in [0.25, 0.3) is 5.69 Å². The average molecular weight is 280 g/mol. The van der Waals surface area contributed by atoms with E-state index in [9.17, 15) is 14.9 Å². The van der Waals surface area contributed by atoms with Crippen LogP contribution in [0.4, 0.5) is 11.4 Å². The second kappa shape index (κ2) is 6.85. The molecule has 1 aromatic rings. The van der Waals surface area contributed by atoms with Crippen LogP contribution in [0.5, 0.6) is 0 Å². The van der Waals surface area contributed by atoms with Crippen molar-refractivity contribution in [3.8, 4) is 0 Å². The Bertz CT molecular complexity index is 502. The molecule has 0 aromatic heterocycles. The molecule has 0 atom stereocenters. The Kier molecular flexibility index (Phi) is 5.45. The molecule has 7 heteroatoms. The van der Waals surface area contributed by atoms with E-state index in [1.54, 1.807) is 19.2 Å². The average Bonchev–Trinajstić information content (AvgIpc) is 2.37. The standard InChI is InChI=1S/C13H20N4O3/c1-9(2)16(8-13(14)18)7-10-4-5-11(15-3)12(6-10)17(19)20/h4-6,9,15H,7-8H2,1-3H3,(H2,14,18). The molecule has 0 saturated carbocycles. The van der Waals surface area contributed by atoms with E-state index in [-0.39, 0.29) is 18.3 Å². The minimum atomic E-state index is -0.427. The van der Waals surface area contributed by atoms with Crippen LogP contribution in [0.2, 0.25) is 0 Å². The third kappa shape index (κ3) is 4.20. The molecule has 0 aliphatic carbocycles. The molecule has 0 fully saturated rings. The van der Waals surface area contributed by atoms with Gasteiger partial charge in [0.2, 0.25) is 5.91 Å². The van der Waals surface area contributed by atoms with Gasteiger partial charge in [0.15, 0.2) is 0 Å². The molecule has 1 rings (SSSR count). The molecular formula is C13H20N4O3. The molecule has 0 unspecified atom stereocenters. The summed E-state index contributed by atoms with van der Waals surface area (Å²) in [6, 6.07) is 5.10. The summed E-state index contributed by atoms with van der Waals surface area (Å²) in [5.41, 5.74) is 6.46. The topological polar surface area (TPSA) is 102 Å². The van der Waals surface area contributed by atoms with Crippen molar-refractivity contribution >= 4 is 17.3 Å². The minimum Gasteiger partial charge on any atom is -0.383 e. The van der Waals surface area contributed by atoms with Crippen LogP contribution in [0.25, 0.3) is 0 Å². The van der Waals surface area contributed by atoms with Gasteiger partial charge in [0, 0.05) is 25.7 Å². The molecule has 20 heavy (non-hydrogen) atoms. The highest BCUT2D eigenvalue weighted by atomic mass is 16.6. The van der Waals surface area contributed by atoms with Crippen LogP contribution in [0.3, 0.4) is 0 Å². The molecule has 0 heterocycles. The molecule has 0 radical (unpaired) electrons. The van der Waals surface area contributed by atoms with E-state index >= 15 is 0 Å². The summed E-state index contributed by atoms with van der Waals surface area (Å²) in [4.78, 5) is 23.5. The van der Waals surface area contributed by atoms with Crippen molar-refractivity contribution in [3.05, 3.63) is 33.9 Å². The zero-order chi connectivity index (χ0) is 15.3. The largest absolute Gasteiger partial charge is 0.383 e. The molecular weight excluding hydrogens is 260 g/mol. The van der Waals surface area contributed by atoms with Crippen molar-refractivity contribution in [2.45, 2.75) is 26.4 Å². The lowest BCUT2D eigenvalue weighted by atomic mass is 10.1. The monoisotopic (exact) mass is 280 g/mol. The summed E-state index contributed by atoms with van der Waals surface area (Å²) < 4.78 is 0. The van der Waals surface area contributed by atoms with Gasteiger partial charge < -0.3 is 11.1 Å². The van der Waals surface area contributed by atoms with Gasteiger partial charge in [-0.05, 0) is 25.5 Å². The number of carbonyl (C=O) groups excluding carboxylic acids is 1. The molecule has 0 saturated heterocycles. The first-order valence-corrected chi connectivity index (χ1v) is 6.32. The van der Waals surface area contributed by atoms with E-state index in [0.29, 0.717) is 12.2 Å². The summed E-state index contributed by atoms with van der Waals surface area (Å²) in [5, 5.41) is 13.8. The molecule has 0 bridgehead atoms. The van der Waals surface area contributed by atoms with Gasteiger partial charge in [0.05, 0.1) is 11.5 Å². The maximum atomic E-state index is 11.0. The van der Waals surface area contributed by atoms with Gasteiger partial charge >= 0.3 is 0 Å². The fourth-order valence-corrected chi connectivity index (χ4v) is 1.89. The van der Waals surface area contributed by atoms with E-state index in [1.165, 1.54) is 6.07 Å².